The van der Waals surface area contributed by atoms with E-state index < -0.39 is 4.92 Å². The molecule has 1 aromatic carbocycles. The van der Waals surface area contributed by atoms with E-state index in [1.54, 1.807) is 12.1 Å². The molecule has 0 N–H and O–H groups in total. The van der Waals surface area contributed by atoms with Gasteiger partial charge < -0.3 is 0 Å². The molecule has 72 valence electrons. The molecule has 1 rings (SSSR count). The first-order valence-electron chi connectivity index (χ1n) is 3.53. The van der Waals surface area contributed by atoms with Crippen LogP contribution in [0.5, 0.6) is 0 Å². The Morgan fingerprint density at radius 3 is 2.71 bits per heavy atom. The van der Waals surface area contributed by atoms with Crippen LogP contribution in [0, 0.1) is 25.0 Å². The van der Waals surface area contributed by atoms with Crippen molar-refractivity contribution < 1.29 is 4.92 Å². The lowest BCUT2D eigenvalue weighted by molar-refractivity contribution is -0.385. The number of hydrogen-bond donors (Lipinski definition) is 0. The van der Waals surface area contributed by atoms with Crippen LogP contribution in [0.25, 0.3) is 0 Å². The normalized spacial score (nSPS) is 9.50. The average Bonchev–Trinajstić information content (AvgIpc) is 2.16. The first kappa shape index (κ1) is 11.2. The molecule has 0 fully saturated rings. The Hall–Kier alpha value is -0.870. The third kappa shape index (κ3) is 1.96. The summed E-state index contributed by atoms with van der Waals surface area (Å²) in [6, 6.07) is 4.70. The zero-order valence-corrected chi connectivity index (χ0v) is 9.74. The lowest BCUT2D eigenvalue weighted by Gasteiger charge is -2.02. The van der Waals surface area contributed by atoms with Gasteiger partial charge in [0.25, 0.3) is 5.69 Å². The van der Waals surface area contributed by atoms with Crippen molar-refractivity contribution in [3.05, 3.63) is 36.9 Å². The minimum atomic E-state index is -0.579. The van der Waals surface area contributed by atoms with Crippen LogP contribution in [0.2, 0.25) is 0 Å². The molecule has 4 nitrogen and oxygen atoms in total. The van der Waals surface area contributed by atoms with Crippen molar-refractivity contribution in [2.75, 3.05) is 0 Å². The predicted octanol–water partition coefficient (Wildman–Crippen LogP) is 2.81. The summed E-state index contributed by atoms with van der Waals surface area (Å²) < 4.78 is 0.764. The van der Waals surface area contributed by atoms with Gasteiger partial charge in [0.2, 0.25) is 0 Å². The summed E-state index contributed by atoms with van der Waals surface area (Å²) in [5, 5.41) is 19.4. The van der Waals surface area contributed by atoms with Crippen LogP contribution in [0.15, 0.2) is 12.1 Å². The molecule has 14 heavy (non-hydrogen) atoms. The Morgan fingerprint density at radius 1 is 1.64 bits per heavy atom. The predicted molar refractivity (Wildman–Crippen MR) is 60.1 cm³/mol. The number of nitro groups is 1. The summed E-state index contributed by atoms with van der Waals surface area (Å²) in [4.78, 5) is 9.99. The summed E-state index contributed by atoms with van der Waals surface area (Å²) in [6.45, 7) is 0. The number of halogens is 2. The summed E-state index contributed by atoms with van der Waals surface area (Å²) in [5.74, 6) is 0.100. The first-order chi connectivity index (χ1) is 6.61. The zero-order valence-electron chi connectivity index (χ0n) is 6.83. The van der Waals surface area contributed by atoms with Gasteiger partial charge in [-0.15, -0.1) is 11.6 Å². The van der Waals surface area contributed by atoms with Crippen LogP contribution >= 0.6 is 34.2 Å². The quantitative estimate of drug-likeness (QED) is 0.364. The highest BCUT2D eigenvalue weighted by Crippen LogP contribution is 2.27. The number of alkyl halides is 1. The van der Waals surface area contributed by atoms with E-state index in [1.165, 1.54) is 6.07 Å². The van der Waals surface area contributed by atoms with Crippen molar-refractivity contribution in [1.29, 1.82) is 5.26 Å². The molecule has 0 spiro atoms. The van der Waals surface area contributed by atoms with Crippen molar-refractivity contribution in [3.63, 3.8) is 0 Å². The van der Waals surface area contributed by atoms with E-state index in [0.29, 0.717) is 5.56 Å². The molecule has 6 heteroatoms. The number of benzene rings is 1. The standard InChI is InChI=1S/C8H4ClIN2O2/c9-3-5-6(4-11)8(12(13)14)2-1-7(5)10/h1-2H,3H2. The fourth-order valence-corrected chi connectivity index (χ4v) is 2.16. The van der Waals surface area contributed by atoms with Crippen LogP contribution in [-0.4, -0.2) is 4.92 Å². The minimum absolute atomic E-state index is 0.0527. The van der Waals surface area contributed by atoms with Gasteiger partial charge >= 0.3 is 0 Å². The Balaban J connectivity index is 3.50. The summed E-state index contributed by atoms with van der Waals surface area (Å²) in [6.07, 6.45) is 0. The van der Waals surface area contributed by atoms with E-state index in [1.807, 2.05) is 22.6 Å². The third-order valence-electron chi connectivity index (χ3n) is 1.68. The average molecular weight is 322 g/mol. The van der Waals surface area contributed by atoms with Crippen molar-refractivity contribution in [3.8, 4) is 6.07 Å². The van der Waals surface area contributed by atoms with E-state index in [-0.39, 0.29) is 17.1 Å². The third-order valence-corrected chi connectivity index (χ3v) is 2.95. The number of nitriles is 1. The molecule has 0 heterocycles. The molecule has 0 atom stereocenters. The van der Waals surface area contributed by atoms with Crippen molar-refractivity contribution in [2.45, 2.75) is 5.88 Å². The van der Waals surface area contributed by atoms with Gasteiger partial charge in [-0.3, -0.25) is 10.1 Å². The molecule has 0 aliphatic rings. The largest absolute Gasteiger partial charge is 0.287 e. The smallest absolute Gasteiger partial charge is 0.258 e. The molecule has 0 saturated heterocycles. The highest BCUT2D eigenvalue weighted by atomic mass is 127. The maximum absolute atomic E-state index is 10.6. The van der Waals surface area contributed by atoms with Crippen LogP contribution < -0.4 is 0 Å². The highest BCUT2D eigenvalue weighted by Gasteiger charge is 2.18. The van der Waals surface area contributed by atoms with E-state index in [0.717, 1.165) is 3.57 Å². The fraction of sp³-hybridized carbons (Fsp3) is 0.125. The van der Waals surface area contributed by atoms with Crippen LogP contribution in [0.4, 0.5) is 5.69 Å². The first-order valence-corrected chi connectivity index (χ1v) is 5.15. The van der Waals surface area contributed by atoms with Gasteiger partial charge in [0.1, 0.15) is 11.6 Å². The molecule has 0 aliphatic carbocycles. The molecule has 0 bridgehead atoms. The Kier molecular flexibility index (Phi) is 3.66. The van der Waals surface area contributed by atoms with Crippen molar-refractivity contribution in [2.24, 2.45) is 0 Å². The monoisotopic (exact) mass is 322 g/mol. The van der Waals surface area contributed by atoms with Crippen LogP contribution in [0.3, 0.4) is 0 Å². The Labute approximate surface area is 98.8 Å². The van der Waals surface area contributed by atoms with E-state index >= 15 is 0 Å². The number of nitro benzene ring substituents is 1. The number of rotatable bonds is 2. The van der Waals surface area contributed by atoms with Crippen LogP contribution in [0.1, 0.15) is 11.1 Å². The summed E-state index contributed by atoms with van der Waals surface area (Å²) in [5.41, 5.74) is 0.379. The fourth-order valence-electron chi connectivity index (χ4n) is 1.02. The van der Waals surface area contributed by atoms with Crippen LogP contribution in [-0.2, 0) is 5.88 Å². The summed E-state index contributed by atoms with van der Waals surface area (Å²) in [7, 11) is 0. The lowest BCUT2D eigenvalue weighted by atomic mass is 10.1. The minimum Gasteiger partial charge on any atom is -0.258 e. The van der Waals surface area contributed by atoms with E-state index in [9.17, 15) is 10.1 Å². The van der Waals surface area contributed by atoms with E-state index in [4.69, 9.17) is 16.9 Å². The highest BCUT2D eigenvalue weighted by molar-refractivity contribution is 14.1. The van der Waals surface area contributed by atoms with Gasteiger partial charge in [-0.1, -0.05) is 0 Å². The van der Waals surface area contributed by atoms with Gasteiger partial charge in [0, 0.05) is 21.1 Å². The number of nitrogens with zero attached hydrogens (tertiary/aromatic N) is 2. The summed E-state index contributed by atoms with van der Waals surface area (Å²) >= 11 is 7.61. The zero-order chi connectivity index (χ0) is 10.7. The van der Waals surface area contributed by atoms with Crippen molar-refractivity contribution >= 4 is 39.9 Å². The van der Waals surface area contributed by atoms with Crippen molar-refractivity contribution in [1.82, 2.24) is 0 Å². The van der Waals surface area contributed by atoms with Gasteiger partial charge in [-0.25, -0.2) is 0 Å². The number of hydrogen-bond acceptors (Lipinski definition) is 3. The molecule has 0 radical (unpaired) electrons. The van der Waals surface area contributed by atoms with Gasteiger partial charge in [-0.05, 0) is 28.7 Å². The molecule has 1 aromatic rings. The maximum Gasteiger partial charge on any atom is 0.287 e. The second-order valence-corrected chi connectivity index (χ2v) is 3.85. The molecule has 0 amide bonds. The molecular weight excluding hydrogens is 318 g/mol. The Bertz CT molecular complexity index is 428. The Morgan fingerprint density at radius 2 is 2.29 bits per heavy atom. The van der Waals surface area contributed by atoms with Gasteiger partial charge in [0.15, 0.2) is 0 Å². The molecule has 0 unspecified atom stereocenters. The molecule has 0 saturated carbocycles. The van der Waals surface area contributed by atoms with E-state index in [2.05, 4.69) is 0 Å². The topological polar surface area (TPSA) is 66.9 Å². The molecule has 0 aromatic heterocycles. The second-order valence-electron chi connectivity index (χ2n) is 2.42. The SMILES string of the molecule is N#Cc1c([N+](=O)[O-])ccc(I)c1CCl. The second kappa shape index (κ2) is 4.57. The molecular formula is C8H4ClIN2O2. The molecule has 0 aliphatic heterocycles. The maximum atomic E-state index is 10.6. The lowest BCUT2D eigenvalue weighted by Crippen LogP contribution is -1.98. The van der Waals surface area contributed by atoms with Gasteiger partial charge in [0.05, 0.1) is 4.92 Å². The van der Waals surface area contributed by atoms with Gasteiger partial charge in [-0.2, -0.15) is 5.26 Å².